The molecule has 15 atom stereocenters. The lowest BCUT2D eigenvalue weighted by Gasteiger charge is -2.21. The number of carboxylic acids is 3. The van der Waals surface area contributed by atoms with Crippen LogP contribution < -0.4 is 31.9 Å². The summed E-state index contributed by atoms with van der Waals surface area (Å²) < 4.78 is 61.2. The van der Waals surface area contributed by atoms with Gasteiger partial charge in [-0.25, -0.2) is 59.2 Å². The summed E-state index contributed by atoms with van der Waals surface area (Å²) in [6, 6.07) is 45.5. The number of rotatable bonds is 22. The quantitative estimate of drug-likeness (QED) is 0.0304. The van der Waals surface area contributed by atoms with Crippen molar-refractivity contribution >= 4 is 104 Å². The number of nitrogens with zero attached hydrogens (tertiary/aromatic N) is 12. The van der Waals surface area contributed by atoms with Crippen LogP contribution in [0.15, 0.2) is 196 Å². The number of carbonyl (C=O) groups excluding carboxylic acids is 3. The summed E-state index contributed by atoms with van der Waals surface area (Å²) in [5.74, 6) is -2.04. The number of imidazole rings is 3. The van der Waals surface area contributed by atoms with Crippen molar-refractivity contribution in [3.63, 3.8) is 0 Å². The van der Waals surface area contributed by atoms with Gasteiger partial charge in [0.05, 0.1) is 37.3 Å². The molecule has 0 saturated carbocycles. The van der Waals surface area contributed by atoms with Gasteiger partial charge in [0.2, 0.25) is 0 Å². The number of hydrogen-bond donors (Lipinski definition) is 9. The number of para-hydroxylation sites is 2. The third kappa shape index (κ3) is 16.9. The minimum atomic E-state index is -0.923. The zero-order chi connectivity index (χ0) is 77.2. The van der Waals surface area contributed by atoms with E-state index in [9.17, 15) is 44.1 Å². The van der Waals surface area contributed by atoms with Crippen molar-refractivity contribution in [2.45, 2.75) is 138 Å². The highest BCUT2D eigenvalue weighted by Crippen LogP contribution is 2.49. The fourth-order valence-corrected chi connectivity index (χ4v) is 13.9. The number of benzene rings is 5. The van der Waals surface area contributed by atoms with E-state index in [0.717, 1.165) is 16.7 Å². The lowest BCUT2D eigenvalue weighted by Crippen LogP contribution is -2.29. The van der Waals surface area contributed by atoms with Crippen molar-refractivity contribution in [3.05, 3.63) is 212 Å². The molecule has 12 heterocycles. The number of ether oxygens (including phenoxy) is 9. The number of aromatic nitrogens is 12. The second-order valence-corrected chi connectivity index (χ2v) is 26.2. The summed E-state index contributed by atoms with van der Waals surface area (Å²) in [6.07, 6.45) is 4.42. The number of aliphatic carboxylic acids is 3. The smallest absolute Gasteiger partial charge is 0.324 e. The first-order valence-electron chi connectivity index (χ1n) is 35.9. The second-order valence-electron chi connectivity index (χ2n) is 26.2. The predicted octanol–water partition coefficient (Wildman–Crippen LogP) is 9.98. The van der Waals surface area contributed by atoms with E-state index in [1.54, 1.807) is 50.6 Å². The zero-order valence-electron chi connectivity index (χ0n) is 59.5. The molecule has 6 aliphatic rings. The Bertz CT molecular complexity index is 5170. The first-order chi connectivity index (χ1) is 54.7. The fraction of sp³-hybridized carbons (Fsp3) is 0.303. The van der Waals surface area contributed by atoms with E-state index in [2.05, 4.69) is 76.8 Å². The summed E-state index contributed by atoms with van der Waals surface area (Å²) in [4.78, 5) is 110. The van der Waals surface area contributed by atoms with Gasteiger partial charge in [-0.3, -0.25) is 44.0 Å². The van der Waals surface area contributed by atoms with Crippen LogP contribution in [0.3, 0.4) is 0 Å². The lowest BCUT2D eigenvalue weighted by molar-refractivity contribution is -0.152. The summed E-state index contributed by atoms with van der Waals surface area (Å²) in [6.45, 7) is 2.27. The van der Waals surface area contributed by atoms with Gasteiger partial charge in [-0.1, -0.05) is 133 Å². The monoisotopic (exact) mass is 1530 g/mol. The third-order valence-electron chi connectivity index (χ3n) is 18.9. The van der Waals surface area contributed by atoms with Gasteiger partial charge in [-0.05, 0) is 62.1 Å². The molecule has 6 saturated heterocycles. The highest BCUT2D eigenvalue weighted by molar-refractivity contribution is 6.04. The maximum Gasteiger partial charge on any atom is 0.324 e. The number of hydrogen-bond acceptors (Lipinski definition) is 24. The fourth-order valence-electron chi connectivity index (χ4n) is 13.9. The second kappa shape index (κ2) is 34.1. The summed E-state index contributed by atoms with van der Waals surface area (Å²) >= 11 is 0. The molecular weight excluding hydrogens is 1450 g/mol. The molecule has 6 amide bonds. The number of amides is 6. The average molecular weight is 1530 g/mol. The standard InChI is InChI=1S/C28H26N6O6.C26H24N6O6.C22H24N6O6/c35-20(36)13-12-19-23-24(40-21(39-23)14-11-17-7-3-1-4-8-17)27(38-19)34-16-31-22-25(29-15-30-26(22)34)33-28(37)32-18-9-5-2-6-10-18;33-18(34)12-11-17-20-21(38-25(37-20)15-7-3-1-4-8-15)24(36-17)32-14-29-19-22(27-13-28-23(19)32)31-26(35)30-16-9-5-2-6-10-16;1-2-23-22(31)27-18-15-19(25-10-24-18)28(11-26-15)20-17-16(13(32-20)8-9-14(29)30)33-21(34-17)12-6-4-3-5-7-12/h1-11,14-16,19,21,23-24,27H,12-13H2,(H,35,36)(H2,29,30,32,33,37);1-10,13-14,17,20-21,24-25H,11-12H2,(H,33,34)(H2,27,28,30,31,35);3-7,10-11,13,16-17,20-21H,2,8-9H2,1H3,(H,29,30)(H2,23,24,25,27,31)/b14-11+;;/t19-,21+,23?,24+,27-;17-,20?,21+,24-,25+;13-,16?,17+,20-,21-/m111/s1. The van der Waals surface area contributed by atoms with Gasteiger partial charge < -0.3 is 73.9 Å². The maximum absolute atomic E-state index is 12.6. The van der Waals surface area contributed by atoms with Crippen LogP contribution in [0.1, 0.15) is 93.4 Å². The van der Waals surface area contributed by atoms with E-state index >= 15 is 0 Å². The number of carboxylic acid groups (broad SMARTS) is 3. The van der Waals surface area contributed by atoms with Crippen molar-refractivity contribution in [2.24, 2.45) is 0 Å². The molecule has 112 heavy (non-hydrogen) atoms. The van der Waals surface area contributed by atoms with Crippen LogP contribution in [0.25, 0.3) is 39.6 Å². The molecule has 6 aromatic heterocycles. The first-order valence-corrected chi connectivity index (χ1v) is 35.9. The minimum absolute atomic E-state index is 0.0621. The van der Waals surface area contributed by atoms with Gasteiger partial charge in [0.25, 0.3) is 0 Å². The average Bonchev–Trinajstić information content (AvgIpc) is 1.60. The number of urea groups is 3. The Hall–Kier alpha value is -12.7. The predicted molar refractivity (Wildman–Crippen MR) is 396 cm³/mol. The van der Waals surface area contributed by atoms with Gasteiger partial charge in [0.15, 0.2) is 88.5 Å². The largest absolute Gasteiger partial charge is 0.481 e. The SMILES string of the molecule is CCNC(=O)Nc1ncnc2c1ncn2[C@@H]1O[C@H](CCC(=O)O)C2O[C@@H](c3ccccc3)O[C@@H]21.O=C(O)CC[C@H]1O[C@@H](n2cnc3c(NC(=O)Nc4ccccc4)ncnc32)[C@H]2O[C@@H](/C=C/c3ccccc3)OC12.O=C(O)CC[C@H]1O[C@@H](n2cnc3c(NC(=O)Nc4ccccc4)ncnc32)[C@H]2O[C@@H](c3ccccc3)OC12. The van der Waals surface area contributed by atoms with Crippen LogP contribution in [0, 0.1) is 0 Å². The number of anilines is 5. The van der Waals surface area contributed by atoms with Gasteiger partial charge in [0.1, 0.15) is 55.6 Å². The summed E-state index contributed by atoms with van der Waals surface area (Å²) in [7, 11) is 0. The molecule has 6 fully saturated rings. The Morgan fingerprint density at radius 1 is 0.384 bits per heavy atom. The van der Waals surface area contributed by atoms with E-state index in [1.807, 2.05) is 146 Å². The van der Waals surface area contributed by atoms with Crippen LogP contribution in [-0.2, 0) is 57.0 Å². The molecule has 36 heteroatoms. The van der Waals surface area contributed by atoms with E-state index in [1.165, 1.54) is 25.3 Å². The molecule has 0 bridgehead atoms. The number of carbonyl (C=O) groups is 6. The number of fused-ring (bicyclic) bond motifs is 6. The van der Waals surface area contributed by atoms with Crippen LogP contribution >= 0.6 is 0 Å². The Morgan fingerprint density at radius 2 is 0.714 bits per heavy atom. The summed E-state index contributed by atoms with van der Waals surface area (Å²) in [5.41, 5.74) is 6.36. The first kappa shape index (κ1) is 74.8. The van der Waals surface area contributed by atoms with Gasteiger partial charge in [0, 0.05) is 48.3 Å². The van der Waals surface area contributed by atoms with Crippen LogP contribution in [-0.4, -0.2) is 178 Å². The van der Waals surface area contributed by atoms with Crippen molar-refractivity contribution in [2.75, 3.05) is 33.1 Å². The van der Waals surface area contributed by atoms with Gasteiger partial charge >= 0.3 is 36.0 Å². The van der Waals surface area contributed by atoms with Gasteiger partial charge in [-0.2, -0.15) is 0 Å². The van der Waals surface area contributed by atoms with Crippen molar-refractivity contribution in [1.29, 1.82) is 0 Å². The Balaban J connectivity index is 0.000000133. The van der Waals surface area contributed by atoms with E-state index in [0.29, 0.717) is 51.4 Å². The molecule has 0 spiro atoms. The lowest BCUT2D eigenvalue weighted by atomic mass is 10.1. The highest BCUT2D eigenvalue weighted by Gasteiger charge is 2.56. The molecule has 17 rings (SSSR count). The molecule has 3 unspecified atom stereocenters. The molecule has 36 nitrogen and oxygen atoms in total. The molecule has 9 N–H and O–H groups in total. The topological polar surface area (TPSA) is 449 Å². The Labute approximate surface area is 635 Å². The third-order valence-corrected chi connectivity index (χ3v) is 18.9. The zero-order valence-corrected chi connectivity index (χ0v) is 59.5. The van der Waals surface area contributed by atoms with E-state index in [-0.39, 0.29) is 56.0 Å². The van der Waals surface area contributed by atoms with E-state index < -0.39 is 128 Å². The molecule has 0 aliphatic carbocycles. The molecule has 11 aromatic rings. The van der Waals surface area contributed by atoms with Crippen molar-refractivity contribution in [3.8, 4) is 0 Å². The van der Waals surface area contributed by atoms with E-state index in [4.69, 9.17) is 42.6 Å². The highest BCUT2D eigenvalue weighted by atomic mass is 16.8. The molecule has 5 aromatic carbocycles. The minimum Gasteiger partial charge on any atom is -0.481 e. The Morgan fingerprint density at radius 3 is 1.09 bits per heavy atom. The van der Waals surface area contributed by atoms with Crippen LogP contribution in [0.2, 0.25) is 0 Å². The van der Waals surface area contributed by atoms with Gasteiger partial charge in [-0.15, -0.1) is 0 Å². The normalized spacial score (nSPS) is 24.6. The number of nitrogens with one attached hydrogen (secondary N) is 6. The molecule has 0 radical (unpaired) electrons. The maximum atomic E-state index is 12.6. The molecular formula is C76H74N18O18. The summed E-state index contributed by atoms with van der Waals surface area (Å²) in [5, 5.41) is 43.9. The van der Waals surface area contributed by atoms with Crippen molar-refractivity contribution < 1.29 is 86.7 Å². The molecule has 576 valence electrons. The van der Waals surface area contributed by atoms with Crippen LogP contribution in [0.5, 0.6) is 0 Å². The molecule has 6 aliphatic heterocycles. The Kier molecular flexibility index (Phi) is 22.8. The van der Waals surface area contributed by atoms with Crippen molar-refractivity contribution in [1.82, 2.24) is 63.9 Å². The van der Waals surface area contributed by atoms with Crippen LogP contribution in [0.4, 0.5) is 43.2 Å².